The molecule has 0 saturated heterocycles. The van der Waals surface area contributed by atoms with Crippen molar-refractivity contribution < 1.29 is 9.59 Å². The molecule has 2 aliphatic carbocycles. The quantitative estimate of drug-likeness (QED) is 0.677. The fourth-order valence-corrected chi connectivity index (χ4v) is 3.19. The predicted octanol–water partition coefficient (Wildman–Crippen LogP) is 0.814. The number of nitrogens with two attached hydrogens (primary N) is 1. The van der Waals surface area contributed by atoms with Gasteiger partial charge in [-0.15, -0.1) is 0 Å². The standard InChI is InChI=1S/C15H28N4O2/c1-19(13(9-16)11-7-8-11)10-14(20)18-15(21)17-12-5-3-2-4-6-12/h11-13H,2-10,16H2,1H3,(H2,17,18,20,21). The van der Waals surface area contributed by atoms with E-state index in [4.69, 9.17) is 5.73 Å². The molecule has 6 nitrogen and oxygen atoms in total. The normalized spacial score (nSPS) is 21.1. The number of imide groups is 1. The van der Waals surface area contributed by atoms with Crippen LogP contribution in [0.3, 0.4) is 0 Å². The second-order valence-electron chi connectivity index (χ2n) is 6.41. The monoisotopic (exact) mass is 296 g/mol. The van der Waals surface area contributed by atoms with E-state index >= 15 is 0 Å². The maximum atomic E-state index is 11.9. The van der Waals surface area contributed by atoms with Crippen LogP contribution in [0.5, 0.6) is 0 Å². The van der Waals surface area contributed by atoms with E-state index in [1.54, 1.807) is 0 Å². The Morgan fingerprint density at radius 1 is 1.19 bits per heavy atom. The highest BCUT2D eigenvalue weighted by Crippen LogP contribution is 2.34. The summed E-state index contributed by atoms with van der Waals surface area (Å²) in [6, 6.07) is 0.0979. The Morgan fingerprint density at radius 3 is 2.43 bits per heavy atom. The summed E-state index contributed by atoms with van der Waals surface area (Å²) in [5.41, 5.74) is 5.76. The Kier molecular flexibility index (Phi) is 5.99. The SMILES string of the molecule is CN(CC(=O)NC(=O)NC1CCCCC1)C(CN)C1CC1. The summed E-state index contributed by atoms with van der Waals surface area (Å²) in [5, 5.41) is 5.31. The number of nitrogens with zero attached hydrogens (tertiary/aromatic N) is 1. The predicted molar refractivity (Wildman–Crippen MR) is 81.7 cm³/mol. The number of rotatable bonds is 6. The molecular weight excluding hydrogens is 268 g/mol. The second kappa shape index (κ2) is 7.75. The zero-order chi connectivity index (χ0) is 15.2. The molecule has 2 aliphatic rings. The van der Waals surface area contributed by atoms with Crippen LogP contribution >= 0.6 is 0 Å². The van der Waals surface area contributed by atoms with Crippen LogP contribution in [0.1, 0.15) is 44.9 Å². The minimum absolute atomic E-state index is 0.215. The molecule has 120 valence electrons. The smallest absolute Gasteiger partial charge is 0.321 e. The summed E-state index contributed by atoms with van der Waals surface area (Å²) in [5.74, 6) is 0.355. The molecule has 4 N–H and O–H groups in total. The van der Waals surface area contributed by atoms with E-state index in [1.807, 2.05) is 11.9 Å². The number of carbonyl (C=O) groups excluding carboxylic acids is 2. The number of amides is 3. The molecule has 0 spiro atoms. The molecule has 2 rings (SSSR count). The Morgan fingerprint density at radius 2 is 1.86 bits per heavy atom. The van der Waals surface area contributed by atoms with Crippen molar-refractivity contribution in [3.63, 3.8) is 0 Å². The molecule has 0 bridgehead atoms. The molecule has 0 radical (unpaired) electrons. The summed E-state index contributed by atoms with van der Waals surface area (Å²) in [7, 11) is 1.90. The average Bonchev–Trinajstić information content (AvgIpc) is 3.24. The van der Waals surface area contributed by atoms with Crippen molar-refractivity contribution in [2.45, 2.75) is 57.0 Å². The molecule has 0 aromatic heterocycles. The molecule has 0 aliphatic heterocycles. The molecule has 2 fully saturated rings. The van der Waals surface area contributed by atoms with Crippen molar-refractivity contribution >= 4 is 11.9 Å². The molecule has 21 heavy (non-hydrogen) atoms. The summed E-state index contributed by atoms with van der Waals surface area (Å²) >= 11 is 0. The summed E-state index contributed by atoms with van der Waals surface area (Å²) < 4.78 is 0. The van der Waals surface area contributed by atoms with Gasteiger partial charge in [0.2, 0.25) is 5.91 Å². The van der Waals surface area contributed by atoms with Gasteiger partial charge >= 0.3 is 6.03 Å². The van der Waals surface area contributed by atoms with Crippen molar-refractivity contribution in [3.8, 4) is 0 Å². The lowest BCUT2D eigenvalue weighted by Gasteiger charge is -2.26. The number of hydrogen-bond acceptors (Lipinski definition) is 4. The van der Waals surface area contributed by atoms with Gasteiger partial charge in [0.25, 0.3) is 0 Å². The lowest BCUT2D eigenvalue weighted by Crippen LogP contribution is -2.50. The molecule has 0 aromatic rings. The van der Waals surface area contributed by atoms with Gasteiger partial charge in [-0.05, 0) is 38.6 Å². The molecule has 1 atom stereocenters. The van der Waals surface area contributed by atoms with Gasteiger partial charge in [-0.25, -0.2) is 4.79 Å². The Balaban J connectivity index is 1.68. The van der Waals surface area contributed by atoms with Gasteiger partial charge in [0.15, 0.2) is 0 Å². The van der Waals surface area contributed by atoms with E-state index in [2.05, 4.69) is 10.6 Å². The summed E-state index contributed by atoms with van der Waals surface area (Å²) in [4.78, 5) is 25.7. The number of carbonyl (C=O) groups is 2. The topological polar surface area (TPSA) is 87.5 Å². The van der Waals surface area contributed by atoms with Crippen LogP contribution in [0.2, 0.25) is 0 Å². The lowest BCUT2D eigenvalue weighted by atomic mass is 9.96. The maximum absolute atomic E-state index is 11.9. The van der Waals surface area contributed by atoms with Crippen molar-refractivity contribution in [1.29, 1.82) is 0 Å². The Bertz CT molecular complexity index is 365. The molecular formula is C15H28N4O2. The van der Waals surface area contributed by atoms with Crippen LogP contribution in [0.15, 0.2) is 0 Å². The molecule has 2 saturated carbocycles. The van der Waals surface area contributed by atoms with Crippen molar-refractivity contribution in [1.82, 2.24) is 15.5 Å². The van der Waals surface area contributed by atoms with E-state index in [-0.39, 0.29) is 30.6 Å². The van der Waals surface area contributed by atoms with Crippen molar-refractivity contribution in [2.24, 2.45) is 11.7 Å². The van der Waals surface area contributed by atoms with E-state index in [0.717, 1.165) is 25.7 Å². The molecule has 6 heteroatoms. The van der Waals surface area contributed by atoms with Crippen LogP contribution in [0.25, 0.3) is 0 Å². The third kappa shape index (κ3) is 5.28. The van der Waals surface area contributed by atoms with Crippen molar-refractivity contribution in [2.75, 3.05) is 20.1 Å². The van der Waals surface area contributed by atoms with Gasteiger partial charge in [0, 0.05) is 18.6 Å². The highest BCUT2D eigenvalue weighted by Gasteiger charge is 2.33. The molecule has 1 unspecified atom stereocenters. The van der Waals surface area contributed by atoms with Gasteiger partial charge in [-0.2, -0.15) is 0 Å². The first-order valence-corrected chi connectivity index (χ1v) is 8.10. The molecule has 0 aromatic carbocycles. The number of nitrogens with one attached hydrogen (secondary N) is 2. The first-order chi connectivity index (χ1) is 10.1. The van der Waals surface area contributed by atoms with Gasteiger partial charge in [-0.3, -0.25) is 15.0 Å². The largest absolute Gasteiger partial charge is 0.335 e. The zero-order valence-corrected chi connectivity index (χ0v) is 12.9. The van der Waals surface area contributed by atoms with Crippen LogP contribution in [-0.4, -0.2) is 49.1 Å². The van der Waals surface area contributed by atoms with Gasteiger partial charge < -0.3 is 11.1 Å². The Labute approximate surface area is 126 Å². The average molecular weight is 296 g/mol. The van der Waals surface area contributed by atoms with Crippen LogP contribution in [0.4, 0.5) is 4.79 Å². The second-order valence-corrected chi connectivity index (χ2v) is 6.41. The van der Waals surface area contributed by atoms with Gasteiger partial charge in [0.1, 0.15) is 0 Å². The minimum atomic E-state index is -0.365. The fraction of sp³-hybridized carbons (Fsp3) is 0.867. The first kappa shape index (κ1) is 16.2. The highest BCUT2D eigenvalue weighted by molar-refractivity contribution is 5.95. The maximum Gasteiger partial charge on any atom is 0.321 e. The molecule has 3 amide bonds. The molecule has 0 heterocycles. The van der Waals surface area contributed by atoms with E-state index in [1.165, 1.54) is 19.3 Å². The van der Waals surface area contributed by atoms with Crippen LogP contribution in [-0.2, 0) is 4.79 Å². The third-order valence-corrected chi connectivity index (χ3v) is 4.56. The minimum Gasteiger partial charge on any atom is -0.335 e. The van der Waals surface area contributed by atoms with Gasteiger partial charge in [0.05, 0.1) is 6.54 Å². The zero-order valence-electron chi connectivity index (χ0n) is 12.9. The number of urea groups is 1. The summed E-state index contributed by atoms with van der Waals surface area (Å²) in [6.45, 7) is 0.777. The highest BCUT2D eigenvalue weighted by atomic mass is 16.2. The number of likely N-dealkylation sites (N-methyl/N-ethyl adjacent to an activating group) is 1. The van der Waals surface area contributed by atoms with E-state index in [0.29, 0.717) is 12.5 Å². The van der Waals surface area contributed by atoms with E-state index < -0.39 is 0 Å². The van der Waals surface area contributed by atoms with Gasteiger partial charge in [-0.1, -0.05) is 19.3 Å². The fourth-order valence-electron chi connectivity index (χ4n) is 3.19. The van der Waals surface area contributed by atoms with Crippen LogP contribution < -0.4 is 16.4 Å². The van der Waals surface area contributed by atoms with E-state index in [9.17, 15) is 9.59 Å². The first-order valence-electron chi connectivity index (χ1n) is 8.10. The van der Waals surface area contributed by atoms with Crippen LogP contribution in [0, 0.1) is 5.92 Å². The third-order valence-electron chi connectivity index (χ3n) is 4.56. The van der Waals surface area contributed by atoms with Crippen molar-refractivity contribution in [3.05, 3.63) is 0 Å². The Hall–Kier alpha value is -1.14. The lowest BCUT2D eigenvalue weighted by molar-refractivity contribution is -0.121. The summed E-state index contributed by atoms with van der Waals surface area (Å²) in [6.07, 6.45) is 7.95. The number of hydrogen-bond donors (Lipinski definition) is 3.